The summed E-state index contributed by atoms with van der Waals surface area (Å²) in [5, 5.41) is -0.439. The third kappa shape index (κ3) is 2.76. The van der Waals surface area contributed by atoms with Crippen LogP contribution in [0.1, 0.15) is 12.0 Å². The maximum atomic E-state index is 10.5. The molecule has 0 unspecified atom stereocenters. The lowest BCUT2D eigenvalue weighted by Crippen LogP contribution is -1.92. The maximum absolute atomic E-state index is 10.5. The van der Waals surface area contributed by atoms with Crippen molar-refractivity contribution in [1.82, 2.24) is 0 Å². The average Bonchev–Trinajstić information content (AvgIpc) is 2.71. The lowest BCUT2D eigenvalue weighted by Gasteiger charge is -2.00. The van der Waals surface area contributed by atoms with Gasteiger partial charge in [-0.2, -0.15) is 0 Å². The molecule has 3 nitrogen and oxygen atoms in total. The Morgan fingerprint density at radius 2 is 2.19 bits per heavy atom. The Labute approximate surface area is 98.6 Å². The van der Waals surface area contributed by atoms with Crippen LogP contribution in [0.5, 0.6) is 11.5 Å². The minimum absolute atomic E-state index is 0.291. The monoisotopic (exact) mass is 238 g/mol. The quantitative estimate of drug-likeness (QED) is 0.598. The van der Waals surface area contributed by atoms with Crippen LogP contribution >= 0.6 is 11.6 Å². The van der Waals surface area contributed by atoms with Crippen LogP contribution < -0.4 is 9.47 Å². The first kappa shape index (κ1) is 11.0. The molecule has 0 saturated carbocycles. The SMILES string of the molecule is O=C(Cl)/C=C/CCc1ccc2c(c1)OCO2. The summed E-state index contributed by atoms with van der Waals surface area (Å²) in [6.45, 7) is 0.291. The van der Waals surface area contributed by atoms with E-state index in [4.69, 9.17) is 21.1 Å². The number of ether oxygens (including phenoxy) is 2. The molecule has 0 amide bonds. The summed E-state index contributed by atoms with van der Waals surface area (Å²) in [6, 6.07) is 5.84. The molecule has 2 rings (SSSR count). The smallest absolute Gasteiger partial charge is 0.244 e. The van der Waals surface area contributed by atoms with Crippen molar-refractivity contribution in [3.8, 4) is 11.5 Å². The highest BCUT2D eigenvalue weighted by molar-refractivity contribution is 6.66. The Morgan fingerprint density at radius 3 is 3.00 bits per heavy atom. The molecule has 1 aliphatic rings. The second-order valence-corrected chi connectivity index (χ2v) is 3.81. The van der Waals surface area contributed by atoms with Gasteiger partial charge in [0.1, 0.15) is 0 Å². The molecule has 16 heavy (non-hydrogen) atoms. The molecule has 0 bridgehead atoms. The first-order valence-corrected chi connectivity index (χ1v) is 5.38. The number of benzene rings is 1. The lowest BCUT2D eigenvalue weighted by molar-refractivity contribution is -0.107. The van der Waals surface area contributed by atoms with Gasteiger partial charge in [-0.1, -0.05) is 12.1 Å². The topological polar surface area (TPSA) is 35.5 Å². The van der Waals surface area contributed by atoms with Gasteiger partial charge in [-0.15, -0.1) is 0 Å². The summed E-state index contributed by atoms with van der Waals surface area (Å²) in [6.07, 6.45) is 4.75. The zero-order valence-corrected chi connectivity index (χ0v) is 9.37. The number of carbonyl (C=O) groups is 1. The minimum atomic E-state index is -0.439. The van der Waals surface area contributed by atoms with Crippen LogP contribution in [0.4, 0.5) is 0 Å². The molecule has 1 aliphatic heterocycles. The van der Waals surface area contributed by atoms with E-state index in [2.05, 4.69) is 0 Å². The predicted molar refractivity (Wildman–Crippen MR) is 60.9 cm³/mol. The van der Waals surface area contributed by atoms with E-state index in [0.717, 1.165) is 29.9 Å². The number of aryl methyl sites for hydroxylation is 1. The fraction of sp³-hybridized carbons (Fsp3) is 0.250. The van der Waals surface area contributed by atoms with Crippen molar-refractivity contribution in [2.75, 3.05) is 6.79 Å². The molecular formula is C12H11ClO3. The molecule has 0 radical (unpaired) electrons. The van der Waals surface area contributed by atoms with Gasteiger partial charge < -0.3 is 9.47 Å². The second kappa shape index (κ2) is 5.03. The molecule has 0 aromatic heterocycles. The summed E-state index contributed by atoms with van der Waals surface area (Å²) in [5.41, 5.74) is 1.15. The molecule has 0 aliphatic carbocycles. The molecule has 0 N–H and O–H groups in total. The van der Waals surface area contributed by atoms with E-state index in [1.807, 2.05) is 18.2 Å². The molecule has 1 aromatic rings. The Hall–Kier alpha value is -1.48. The second-order valence-electron chi connectivity index (χ2n) is 3.43. The fourth-order valence-electron chi connectivity index (χ4n) is 1.52. The zero-order valence-electron chi connectivity index (χ0n) is 8.61. The standard InChI is InChI=1S/C12H11ClO3/c13-12(14)4-2-1-3-9-5-6-10-11(7-9)16-8-15-10/h2,4-7H,1,3,8H2/b4-2+. The fourth-order valence-corrected chi connectivity index (χ4v) is 1.61. The molecule has 1 heterocycles. The maximum Gasteiger partial charge on any atom is 0.244 e. The van der Waals surface area contributed by atoms with Crippen LogP contribution in [0.25, 0.3) is 0 Å². The van der Waals surface area contributed by atoms with Crippen LogP contribution in [-0.2, 0) is 11.2 Å². The Balaban J connectivity index is 1.93. The molecule has 0 spiro atoms. The number of hydrogen-bond acceptors (Lipinski definition) is 3. The first-order chi connectivity index (χ1) is 7.75. The van der Waals surface area contributed by atoms with Crippen LogP contribution in [0.3, 0.4) is 0 Å². The van der Waals surface area contributed by atoms with Crippen molar-refractivity contribution in [2.24, 2.45) is 0 Å². The van der Waals surface area contributed by atoms with E-state index in [1.54, 1.807) is 6.08 Å². The van der Waals surface area contributed by atoms with Gasteiger partial charge in [-0.25, -0.2) is 0 Å². The van der Waals surface area contributed by atoms with Gasteiger partial charge >= 0.3 is 0 Å². The van der Waals surface area contributed by atoms with Gasteiger partial charge in [0.2, 0.25) is 12.0 Å². The van der Waals surface area contributed by atoms with Gasteiger partial charge in [-0.3, -0.25) is 4.79 Å². The van der Waals surface area contributed by atoms with Gasteiger partial charge in [0.05, 0.1) is 0 Å². The number of rotatable bonds is 4. The lowest BCUT2D eigenvalue weighted by atomic mass is 10.1. The zero-order chi connectivity index (χ0) is 11.4. The van der Waals surface area contributed by atoms with Crippen LogP contribution in [0.2, 0.25) is 0 Å². The number of fused-ring (bicyclic) bond motifs is 1. The largest absolute Gasteiger partial charge is 0.454 e. The van der Waals surface area contributed by atoms with Crippen molar-refractivity contribution in [1.29, 1.82) is 0 Å². The highest BCUT2D eigenvalue weighted by Crippen LogP contribution is 2.32. The Bertz CT molecular complexity index is 426. The highest BCUT2D eigenvalue weighted by atomic mass is 35.5. The third-order valence-electron chi connectivity index (χ3n) is 2.29. The van der Waals surface area contributed by atoms with Crippen molar-refractivity contribution in [3.63, 3.8) is 0 Å². The normalized spacial score (nSPS) is 13.3. The van der Waals surface area contributed by atoms with Gasteiger partial charge in [0.25, 0.3) is 0 Å². The first-order valence-electron chi connectivity index (χ1n) is 5.00. The summed E-state index contributed by atoms with van der Waals surface area (Å²) in [5.74, 6) is 1.57. The van der Waals surface area contributed by atoms with Crippen molar-refractivity contribution >= 4 is 16.8 Å². The molecule has 0 saturated heterocycles. The Kier molecular flexibility index (Phi) is 3.47. The number of hydrogen-bond donors (Lipinski definition) is 0. The van der Waals surface area contributed by atoms with Crippen LogP contribution in [0, 0.1) is 0 Å². The van der Waals surface area contributed by atoms with Crippen molar-refractivity contribution in [3.05, 3.63) is 35.9 Å². The van der Waals surface area contributed by atoms with E-state index >= 15 is 0 Å². The summed E-state index contributed by atoms with van der Waals surface area (Å²) < 4.78 is 10.5. The summed E-state index contributed by atoms with van der Waals surface area (Å²) >= 11 is 5.17. The van der Waals surface area contributed by atoms with Gasteiger partial charge in [0.15, 0.2) is 11.5 Å². The third-order valence-corrected chi connectivity index (χ3v) is 2.41. The molecule has 4 heteroatoms. The van der Waals surface area contributed by atoms with Crippen LogP contribution in [-0.4, -0.2) is 12.0 Å². The van der Waals surface area contributed by atoms with Gasteiger partial charge in [0, 0.05) is 0 Å². The highest BCUT2D eigenvalue weighted by Gasteiger charge is 2.12. The van der Waals surface area contributed by atoms with E-state index in [-0.39, 0.29) is 0 Å². The van der Waals surface area contributed by atoms with Crippen molar-refractivity contribution < 1.29 is 14.3 Å². The number of allylic oxidation sites excluding steroid dienone is 2. The predicted octanol–water partition coefficient (Wildman–Crippen LogP) is 2.67. The summed E-state index contributed by atoms with van der Waals surface area (Å²) in [4.78, 5) is 10.5. The van der Waals surface area contributed by atoms with E-state index in [1.165, 1.54) is 6.08 Å². The molecule has 84 valence electrons. The average molecular weight is 239 g/mol. The van der Waals surface area contributed by atoms with Gasteiger partial charge in [-0.05, 0) is 48.2 Å². The van der Waals surface area contributed by atoms with Crippen LogP contribution in [0.15, 0.2) is 30.4 Å². The molecule has 1 aromatic carbocycles. The summed E-state index contributed by atoms with van der Waals surface area (Å²) in [7, 11) is 0. The van der Waals surface area contributed by atoms with E-state index < -0.39 is 5.24 Å². The van der Waals surface area contributed by atoms with E-state index in [9.17, 15) is 4.79 Å². The van der Waals surface area contributed by atoms with E-state index in [0.29, 0.717) is 6.79 Å². The molecule has 0 atom stereocenters. The minimum Gasteiger partial charge on any atom is -0.454 e. The molecule has 0 fully saturated rings. The number of carbonyl (C=O) groups excluding carboxylic acids is 1. The Morgan fingerprint density at radius 1 is 1.38 bits per heavy atom. The van der Waals surface area contributed by atoms with Crippen molar-refractivity contribution in [2.45, 2.75) is 12.8 Å². The number of halogens is 1. The molecular weight excluding hydrogens is 228 g/mol.